The number of hydrogen-bond donors (Lipinski definition) is 1. The number of anilines is 1. The number of carbonyl (C=O) groups is 1. The molecule has 0 spiro atoms. The molecular weight excluding hydrogens is 248 g/mol. The molecule has 0 saturated carbocycles. The molecule has 0 radical (unpaired) electrons. The molecule has 2 rings (SSSR count). The molecular formula is C12H14N4O3. The van der Waals surface area contributed by atoms with Crippen LogP contribution in [0.3, 0.4) is 0 Å². The Hall–Kier alpha value is -2.57. The van der Waals surface area contributed by atoms with Gasteiger partial charge in [-0.15, -0.1) is 0 Å². The summed E-state index contributed by atoms with van der Waals surface area (Å²) in [5.41, 5.74) is 6.47. The number of aromatic nitrogens is 3. The van der Waals surface area contributed by atoms with E-state index >= 15 is 0 Å². The summed E-state index contributed by atoms with van der Waals surface area (Å²) in [7, 11) is 3.24. The lowest BCUT2D eigenvalue weighted by molar-refractivity contribution is 0.0458. The smallest absolute Gasteiger partial charge is 0.338 e. The molecule has 0 atom stereocenters. The SMILES string of the molecule is COc1ccc(C(=O)OCc2ncnn2C)cc1N. The molecule has 0 aliphatic rings. The normalized spacial score (nSPS) is 10.2. The van der Waals surface area contributed by atoms with Gasteiger partial charge < -0.3 is 15.2 Å². The van der Waals surface area contributed by atoms with Crippen molar-refractivity contribution in [2.45, 2.75) is 6.61 Å². The molecule has 1 aromatic heterocycles. The van der Waals surface area contributed by atoms with Gasteiger partial charge in [-0.1, -0.05) is 0 Å². The number of nitrogen functional groups attached to an aromatic ring is 1. The van der Waals surface area contributed by atoms with Gasteiger partial charge in [-0.3, -0.25) is 4.68 Å². The van der Waals surface area contributed by atoms with E-state index in [9.17, 15) is 4.79 Å². The summed E-state index contributed by atoms with van der Waals surface area (Å²) >= 11 is 0. The van der Waals surface area contributed by atoms with Crippen molar-refractivity contribution in [1.29, 1.82) is 0 Å². The number of aryl methyl sites for hydroxylation is 1. The summed E-state index contributed by atoms with van der Waals surface area (Å²) in [6, 6.07) is 4.72. The maximum absolute atomic E-state index is 11.8. The van der Waals surface area contributed by atoms with Crippen molar-refractivity contribution in [1.82, 2.24) is 14.8 Å². The summed E-state index contributed by atoms with van der Waals surface area (Å²) in [5.74, 6) is 0.608. The Kier molecular flexibility index (Phi) is 3.65. The van der Waals surface area contributed by atoms with Gasteiger partial charge >= 0.3 is 5.97 Å². The van der Waals surface area contributed by atoms with Crippen LogP contribution in [-0.2, 0) is 18.4 Å². The Morgan fingerprint density at radius 3 is 2.84 bits per heavy atom. The average molecular weight is 262 g/mol. The van der Waals surface area contributed by atoms with E-state index in [0.717, 1.165) is 0 Å². The van der Waals surface area contributed by atoms with Crippen LogP contribution in [0.1, 0.15) is 16.2 Å². The van der Waals surface area contributed by atoms with Crippen molar-refractivity contribution >= 4 is 11.7 Å². The summed E-state index contributed by atoms with van der Waals surface area (Å²) in [6.07, 6.45) is 1.40. The minimum Gasteiger partial charge on any atom is -0.495 e. The quantitative estimate of drug-likeness (QED) is 0.646. The van der Waals surface area contributed by atoms with Crippen molar-refractivity contribution in [3.8, 4) is 5.75 Å². The Morgan fingerprint density at radius 1 is 1.47 bits per heavy atom. The van der Waals surface area contributed by atoms with Crippen LogP contribution in [0, 0.1) is 0 Å². The van der Waals surface area contributed by atoms with Gasteiger partial charge in [0.25, 0.3) is 0 Å². The van der Waals surface area contributed by atoms with E-state index in [4.69, 9.17) is 15.2 Å². The number of esters is 1. The monoisotopic (exact) mass is 262 g/mol. The first kappa shape index (κ1) is 12.9. The van der Waals surface area contributed by atoms with E-state index in [1.165, 1.54) is 24.2 Å². The van der Waals surface area contributed by atoms with Crippen LogP contribution in [0.4, 0.5) is 5.69 Å². The molecule has 0 amide bonds. The highest BCUT2D eigenvalue weighted by Crippen LogP contribution is 2.22. The first-order chi connectivity index (χ1) is 9.11. The fourth-order valence-electron chi connectivity index (χ4n) is 1.53. The summed E-state index contributed by atoms with van der Waals surface area (Å²) < 4.78 is 11.7. The van der Waals surface area contributed by atoms with Gasteiger partial charge in [-0.05, 0) is 18.2 Å². The van der Waals surface area contributed by atoms with Crippen LogP contribution in [-0.4, -0.2) is 27.8 Å². The van der Waals surface area contributed by atoms with Crippen LogP contribution in [0.15, 0.2) is 24.5 Å². The first-order valence-corrected chi connectivity index (χ1v) is 5.55. The Morgan fingerprint density at radius 2 is 2.26 bits per heavy atom. The van der Waals surface area contributed by atoms with E-state index in [2.05, 4.69) is 10.1 Å². The molecule has 1 heterocycles. The summed E-state index contributed by atoms with van der Waals surface area (Å²) in [6.45, 7) is 0.0568. The van der Waals surface area contributed by atoms with Gasteiger partial charge in [0, 0.05) is 7.05 Å². The van der Waals surface area contributed by atoms with Crippen molar-refractivity contribution in [2.75, 3.05) is 12.8 Å². The number of nitrogens with zero attached hydrogens (tertiary/aromatic N) is 3. The van der Waals surface area contributed by atoms with Gasteiger partial charge in [-0.25, -0.2) is 9.78 Å². The van der Waals surface area contributed by atoms with E-state index in [-0.39, 0.29) is 6.61 Å². The van der Waals surface area contributed by atoms with Gasteiger partial charge in [0.1, 0.15) is 12.1 Å². The molecule has 7 heteroatoms. The van der Waals surface area contributed by atoms with E-state index in [1.54, 1.807) is 19.2 Å². The lowest BCUT2D eigenvalue weighted by Gasteiger charge is -2.07. The number of rotatable bonds is 4. The Balaban J connectivity index is 2.04. The van der Waals surface area contributed by atoms with Crippen molar-refractivity contribution in [2.24, 2.45) is 7.05 Å². The molecule has 19 heavy (non-hydrogen) atoms. The second-order valence-corrected chi connectivity index (χ2v) is 3.83. The molecule has 0 unspecified atom stereocenters. The van der Waals surface area contributed by atoms with Crippen molar-refractivity contribution in [3.05, 3.63) is 35.9 Å². The third-order valence-electron chi connectivity index (χ3n) is 2.60. The first-order valence-electron chi connectivity index (χ1n) is 5.55. The second kappa shape index (κ2) is 5.38. The van der Waals surface area contributed by atoms with Crippen LogP contribution in [0.5, 0.6) is 5.75 Å². The minimum absolute atomic E-state index is 0.0568. The predicted molar refractivity (Wildman–Crippen MR) is 67.5 cm³/mol. The number of ether oxygens (including phenoxy) is 2. The van der Waals surface area contributed by atoms with Crippen LogP contribution >= 0.6 is 0 Å². The molecule has 100 valence electrons. The highest BCUT2D eigenvalue weighted by Gasteiger charge is 2.11. The molecule has 2 N–H and O–H groups in total. The number of benzene rings is 1. The zero-order valence-electron chi connectivity index (χ0n) is 10.7. The molecule has 0 aliphatic carbocycles. The topological polar surface area (TPSA) is 92.3 Å². The molecule has 0 bridgehead atoms. The average Bonchev–Trinajstić information content (AvgIpc) is 2.81. The maximum atomic E-state index is 11.8. The van der Waals surface area contributed by atoms with Gasteiger partial charge in [0.05, 0.1) is 18.4 Å². The van der Waals surface area contributed by atoms with Crippen LogP contribution in [0.25, 0.3) is 0 Å². The predicted octanol–water partition coefficient (Wildman–Crippen LogP) is 0.763. The number of methoxy groups -OCH3 is 1. The highest BCUT2D eigenvalue weighted by molar-refractivity contribution is 5.91. The fraction of sp³-hybridized carbons (Fsp3) is 0.250. The van der Waals surface area contributed by atoms with Gasteiger partial charge in [0.2, 0.25) is 0 Å². The zero-order valence-corrected chi connectivity index (χ0v) is 10.7. The molecule has 0 fully saturated rings. The zero-order chi connectivity index (χ0) is 13.8. The number of nitrogens with two attached hydrogens (primary N) is 1. The second-order valence-electron chi connectivity index (χ2n) is 3.83. The summed E-state index contributed by atoms with van der Waals surface area (Å²) in [5, 5.41) is 3.88. The molecule has 0 aliphatic heterocycles. The maximum Gasteiger partial charge on any atom is 0.338 e. The van der Waals surface area contributed by atoms with Crippen molar-refractivity contribution in [3.63, 3.8) is 0 Å². The van der Waals surface area contributed by atoms with E-state index in [0.29, 0.717) is 22.8 Å². The van der Waals surface area contributed by atoms with Gasteiger partial charge in [0.15, 0.2) is 12.4 Å². The van der Waals surface area contributed by atoms with Crippen LogP contribution in [0.2, 0.25) is 0 Å². The lowest BCUT2D eigenvalue weighted by atomic mass is 10.2. The van der Waals surface area contributed by atoms with Gasteiger partial charge in [-0.2, -0.15) is 5.10 Å². The van der Waals surface area contributed by atoms with Crippen LogP contribution < -0.4 is 10.5 Å². The molecule has 7 nitrogen and oxygen atoms in total. The Bertz CT molecular complexity index is 594. The third kappa shape index (κ3) is 2.82. The molecule has 1 aromatic carbocycles. The van der Waals surface area contributed by atoms with Crippen molar-refractivity contribution < 1.29 is 14.3 Å². The van der Waals surface area contributed by atoms with E-state index < -0.39 is 5.97 Å². The Labute approximate surface area is 110 Å². The standard InChI is InChI=1S/C12H14N4O3/c1-16-11(14-7-15-16)6-19-12(17)8-3-4-10(18-2)9(13)5-8/h3-5,7H,6,13H2,1-2H3. The summed E-state index contributed by atoms with van der Waals surface area (Å²) in [4.78, 5) is 15.8. The largest absolute Gasteiger partial charge is 0.495 e. The fourth-order valence-corrected chi connectivity index (χ4v) is 1.53. The number of hydrogen-bond acceptors (Lipinski definition) is 6. The lowest BCUT2D eigenvalue weighted by Crippen LogP contribution is -2.09. The molecule has 0 saturated heterocycles. The minimum atomic E-state index is -0.475. The number of carbonyl (C=O) groups excluding carboxylic acids is 1. The highest BCUT2D eigenvalue weighted by atomic mass is 16.5. The molecule has 2 aromatic rings. The van der Waals surface area contributed by atoms with E-state index in [1.807, 2.05) is 0 Å². The third-order valence-corrected chi connectivity index (χ3v) is 2.60.